The quantitative estimate of drug-likeness (QED) is 0.876. The fraction of sp³-hybridized carbons (Fsp3) is 0.435. The molecule has 5 rings (SSSR count). The largest absolute Gasteiger partial charge is 0.448 e. The Labute approximate surface area is 159 Å². The number of carbonyl (C=O) groups excluding carboxylic acids is 1. The number of carbonyl (C=O) groups is 1. The van der Waals surface area contributed by atoms with E-state index in [-0.39, 0.29) is 18.1 Å². The zero-order valence-corrected chi connectivity index (χ0v) is 15.4. The summed E-state index contributed by atoms with van der Waals surface area (Å²) < 4.78 is 5.78. The first-order valence-electron chi connectivity index (χ1n) is 9.98. The Morgan fingerprint density at radius 2 is 1.59 bits per heavy atom. The fourth-order valence-corrected chi connectivity index (χ4v) is 5.24. The number of benzene rings is 2. The molecule has 27 heavy (non-hydrogen) atoms. The third-order valence-corrected chi connectivity index (χ3v) is 6.62. The summed E-state index contributed by atoms with van der Waals surface area (Å²) in [6.07, 6.45) is 2.28. The minimum absolute atomic E-state index is 0.105. The Kier molecular flexibility index (Phi) is 4.16. The highest BCUT2D eigenvalue weighted by molar-refractivity contribution is 5.79. The zero-order chi connectivity index (χ0) is 18.4. The number of hydrogen-bond donors (Lipinski definition) is 1. The van der Waals surface area contributed by atoms with Gasteiger partial charge in [0.2, 0.25) is 0 Å². The van der Waals surface area contributed by atoms with Gasteiger partial charge in [-0.1, -0.05) is 48.5 Å². The summed E-state index contributed by atoms with van der Waals surface area (Å²) in [4.78, 5) is 14.5. The van der Waals surface area contributed by atoms with Crippen LogP contribution in [0.2, 0.25) is 0 Å². The molecular weight excluding hydrogens is 338 g/mol. The second kappa shape index (κ2) is 6.68. The minimum Gasteiger partial charge on any atom is -0.448 e. The van der Waals surface area contributed by atoms with E-state index < -0.39 is 0 Å². The summed E-state index contributed by atoms with van der Waals surface area (Å²) in [5, 5.41) is 9.88. The summed E-state index contributed by atoms with van der Waals surface area (Å²) in [5.41, 5.74) is 4.97. The number of hydrogen-bond acceptors (Lipinski definition) is 3. The number of nitrogens with zero attached hydrogens (tertiary/aromatic N) is 1. The molecule has 1 amide bonds. The first kappa shape index (κ1) is 16.8. The van der Waals surface area contributed by atoms with Gasteiger partial charge >= 0.3 is 6.09 Å². The highest BCUT2D eigenvalue weighted by Gasteiger charge is 2.40. The first-order chi connectivity index (χ1) is 13.2. The third-order valence-electron chi connectivity index (χ3n) is 6.62. The van der Waals surface area contributed by atoms with Crippen molar-refractivity contribution in [2.45, 2.75) is 31.3 Å². The molecular formula is C23H25NO3. The van der Waals surface area contributed by atoms with Gasteiger partial charge in [0.1, 0.15) is 6.61 Å². The Hall–Kier alpha value is -2.33. The Morgan fingerprint density at radius 3 is 2.30 bits per heavy atom. The molecule has 0 radical (unpaired) electrons. The van der Waals surface area contributed by atoms with Gasteiger partial charge < -0.3 is 14.7 Å². The molecule has 0 unspecified atom stereocenters. The molecule has 3 atom stereocenters. The predicted molar refractivity (Wildman–Crippen MR) is 103 cm³/mol. The van der Waals surface area contributed by atoms with Gasteiger partial charge in [0.05, 0.1) is 6.10 Å². The van der Waals surface area contributed by atoms with Crippen LogP contribution in [-0.4, -0.2) is 41.9 Å². The van der Waals surface area contributed by atoms with Crippen molar-refractivity contribution in [1.82, 2.24) is 4.90 Å². The lowest BCUT2D eigenvalue weighted by molar-refractivity contribution is 0.0860. The maximum absolute atomic E-state index is 12.7. The number of rotatable bonds is 2. The second-order valence-corrected chi connectivity index (χ2v) is 8.20. The molecule has 2 aliphatic carbocycles. The van der Waals surface area contributed by atoms with Gasteiger partial charge in [0.15, 0.2) is 0 Å². The molecule has 0 spiro atoms. The van der Waals surface area contributed by atoms with Crippen LogP contribution in [0.4, 0.5) is 4.79 Å². The van der Waals surface area contributed by atoms with E-state index in [1.807, 2.05) is 4.90 Å². The van der Waals surface area contributed by atoms with E-state index in [9.17, 15) is 9.90 Å². The highest BCUT2D eigenvalue weighted by Crippen LogP contribution is 2.44. The molecule has 2 fully saturated rings. The Bertz CT molecular complexity index is 819. The number of aliphatic hydroxyl groups is 1. The molecule has 4 nitrogen and oxygen atoms in total. The number of fused-ring (bicyclic) bond motifs is 4. The van der Waals surface area contributed by atoms with Crippen LogP contribution < -0.4 is 0 Å². The van der Waals surface area contributed by atoms with Crippen molar-refractivity contribution in [2.75, 3.05) is 19.7 Å². The molecule has 3 aliphatic rings. The number of aliphatic hydroxyl groups excluding tert-OH is 1. The topological polar surface area (TPSA) is 49.8 Å². The van der Waals surface area contributed by atoms with E-state index in [1.165, 1.54) is 22.3 Å². The monoisotopic (exact) mass is 363 g/mol. The van der Waals surface area contributed by atoms with Gasteiger partial charge in [-0.05, 0) is 53.4 Å². The average molecular weight is 363 g/mol. The molecule has 1 saturated carbocycles. The summed E-state index contributed by atoms with van der Waals surface area (Å²) in [7, 11) is 0. The molecule has 1 heterocycles. The lowest BCUT2D eigenvalue weighted by Gasteiger charge is -2.27. The molecule has 1 aliphatic heterocycles. The molecule has 2 aromatic carbocycles. The summed E-state index contributed by atoms with van der Waals surface area (Å²) >= 11 is 0. The van der Waals surface area contributed by atoms with Gasteiger partial charge in [-0.25, -0.2) is 4.79 Å². The van der Waals surface area contributed by atoms with Crippen LogP contribution in [0, 0.1) is 11.8 Å². The van der Waals surface area contributed by atoms with Crippen LogP contribution in [-0.2, 0) is 4.74 Å². The zero-order valence-electron chi connectivity index (χ0n) is 15.4. The maximum Gasteiger partial charge on any atom is 0.409 e. The van der Waals surface area contributed by atoms with Crippen molar-refractivity contribution in [3.8, 4) is 11.1 Å². The Morgan fingerprint density at radius 1 is 0.963 bits per heavy atom. The molecule has 0 aromatic heterocycles. The maximum atomic E-state index is 12.7. The van der Waals surface area contributed by atoms with Gasteiger partial charge in [-0.15, -0.1) is 0 Å². The van der Waals surface area contributed by atoms with Crippen LogP contribution in [0.25, 0.3) is 11.1 Å². The summed E-state index contributed by atoms with van der Waals surface area (Å²) in [6.45, 7) is 1.87. The van der Waals surface area contributed by atoms with Crippen molar-refractivity contribution >= 4 is 6.09 Å². The second-order valence-electron chi connectivity index (χ2n) is 8.20. The lowest BCUT2D eigenvalue weighted by Crippen LogP contribution is -2.30. The van der Waals surface area contributed by atoms with Crippen LogP contribution in [0.15, 0.2) is 48.5 Å². The fourth-order valence-electron chi connectivity index (χ4n) is 5.24. The smallest absolute Gasteiger partial charge is 0.409 e. The van der Waals surface area contributed by atoms with Crippen molar-refractivity contribution in [1.29, 1.82) is 0 Å². The van der Waals surface area contributed by atoms with Crippen LogP contribution in [0.1, 0.15) is 36.3 Å². The summed E-state index contributed by atoms with van der Waals surface area (Å²) in [6, 6.07) is 16.8. The van der Waals surface area contributed by atoms with Crippen molar-refractivity contribution in [3.63, 3.8) is 0 Å². The van der Waals surface area contributed by atoms with E-state index in [2.05, 4.69) is 48.5 Å². The Balaban J connectivity index is 1.29. The van der Waals surface area contributed by atoms with Crippen molar-refractivity contribution in [3.05, 3.63) is 59.7 Å². The normalized spacial score (nSPS) is 26.4. The van der Waals surface area contributed by atoms with E-state index in [1.54, 1.807) is 0 Å². The molecule has 1 saturated heterocycles. The van der Waals surface area contributed by atoms with Crippen LogP contribution in [0.5, 0.6) is 0 Å². The number of likely N-dealkylation sites (tertiary alicyclic amines) is 1. The van der Waals surface area contributed by atoms with Gasteiger partial charge in [-0.2, -0.15) is 0 Å². The third kappa shape index (κ3) is 2.92. The van der Waals surface area contributed by atoms with E-state index in [0.29, 0.717) is 18.4 Å². The predicted octanol–water partition coefficient (Wildman–Crippen LogP) is 4.03. The van der Waals surface area contributed by atoms with Gasteiger partial charge in [0.25, 0.3) is 0 Å². The van der Waals surface area contributed by atoms with E-state index >= 15 is 0 Å². The molecule has 1 N–H and O–H groups in total. The van der Waals surface area contributed by atoms with Crippen LogP contribution in [0.3, 0.4) is 0 Å². The van der Waals surface area contributed by atoms with Crippen LogP contribution >= 0.6 is 0 Å². The first-order valence-corrected chi connectivity index (χ1v) is 9.98. The number of ether oxygens (including phenoxy) is 1. The molecule has 0 bridgehead atoms. The van der Waals surface area contributed by atoms with Crippen molar-refractivity contribution in [2.24, 2.45) is 11.8 Å². The van der Waals surface area contributed by atoms with Crippen molar-refractivity contribution < 1.29 is 14.6 Å². The van der Waals surface area contributed by atoms with E-state index in [4.69, 9.17) is 4.74 Å². The van der Waals surface area contributed by atoms with Gasteiger partial charge in [-0.3, -0.25) is 0 Å². The molecule has 140 valence electrons. The highest BCUT2D eigenvalue weighted by atomic mass is 16.6. The SMILES string of the molecule is O=C(OCC1c2ccccc2-c2ccccc21)N1C[C@H]2CC[C@@H](O)C[C@H]2C1. The average Bonchev–Trinajstić information content (AvgIpc) is 3.25. The van der Waals surface area contributed by atoms with E-state index in [0.717, 1.165) is 32.4 Å². The molecule has 4 heteroatoms. The lowest BCUT2D eigenvalue weighted by atomic mass is 9.80. The number of amides is 1. The molecule has 2 aromatic rings. The standard InChI is InChI=1S/C23H25NO3/c25-17-10-9-15-12-24(13-16(15)11-17)23(26)27-14-22-20-7-3-1-5-18(20)19-6-2-4-8-21(19)22/h1-8,15-17,22,25H,9-14H2/t15-,16+,17-/m1/s1. The minimum atomic E-state index is -0.208. The summed E-state index contributed by atoms with van der Waals surface area (Å²) in [5.74, 6) is 1.05. The van der Waals surface area contributed by atoms with Gasteiger partial charge in [0, 0.05) is 19.0 Å².